The van der Waals surface area contributed by atoms with Gasteiger partial charge in [0, 0.05) is 24.2 Å². The van der Waals surface area contributed by atoms with Crippen LogP contribution in [0, 0.1) is 5.92 Å². The standard InChI is InChI=1S/C23H24N2O3S/c26-29(27,22-9-3-7-18-8-4-12-24-23(18)22)25-14-19-5-1-2-6-20(19)15-28-16-21(25)13-17-10-11-17/h1-9,12,17,21H,10-11,13-16H2. The predicted octanol–water partition coefficient (Wildman–Crippen LogP) is 4.12. The molecule has 1 fully saturated rings. The zero-order chi connectivity index (χ0) is 19.8. The summed E-state index contributed by atoms with van der Waals surface area (Å²) < 4.78 is 35.5. The average molecular weight is 409 g/mol. The van der Waals surface area contributed by atoms with Crippen LogP contribution in [0.15, 0.2) is 65.7 Å². The van der Waals surface area contributed by atoms with E-state index in [2.05, 4.69) is 4.98 Å². The maximum Gasteiger partial charge on any atom is 0.245 e. The van der Waals surface area contributed by atoms with Crippen molar-refractivity contribution in [2.45, 2.75) is 43.4 Å². The van der Waals surface area contributed by atoms with Crippen molar-refractivity contribution in [1.82, 2.24) is 9.29 Å². The van der Waals surface area contributed by atoms with Crippen LogP contribution in [0.5, 0.6) is 0 Å². The molecular weight excluding hydrogens is 384 g/mol. The van der Waals surface area contributed by atoms with Crippen molar-refractivity contribution in [2.24, 2.45) is 5.92 Å². The summed E-state index contributed by atoms with van der Waals surface area (Å²) in [5.41, 5.74) is 2.58. The molecule has 1 aromatic heterocycles. The zero-order valence-corrected chi connectivity index (χ0v) is 17.0. The lowest BCUT2D eigenvalue weighted by atomic mass is 10.1. The van der Waals surface area contributed by atoms with Gasteiger partial charge >= 0.3 is 0 Å². The van der Waals surface area contributed by atoms with Crippen molar-refractivity contribution in [3.05, 3.63) is 71.9 Å². The third kappa shape index (κ3) is 3.68. The minimum atomic E-state index is -3.75. The molecule has 2 aromatic carbocycles. The molecule has 0 saturated heterocycles. The maximum atomic E-state index is 13.9. The maximum absolute atomic E-state index is 13.9. The number of para-hydroxylation sites is 1. The number of hydrogen-bond donors (Lipinski definition) is 0. The van der Waals surface area contributed by atoms with Crippen molar-refractivity contribution in [2.75, 3.05) is 6.61 Å². The largest absolute Gasteiger partial charge is 0.375 e. The second kappa shape index (κ2) is 7.52. The van der Waals surface area contributed by atoms with Crippen molar-refractivity contribution in [3.63, 3.8) is 0 Å². The molecule has 0 bridgehead atoms. The van der Waals surface area contributed by atoms with E-state index in [0.717, 1.165) is 22.9 Å². The van der Waals surface area contributed by atoms with Crippen LogP contribution in [-0.4, -0.2) is 30.4 Å². The fourth-order valence-electron chi connectivity index (χ4n) is 4.15. The number of sulfonamides is 1. The van der Waals surface area contributed by atoms with Crippen molar-refractivity contribution < 1.29 is 13.2 Å². The van der Waals surface area contributed by atoms with Gasteiger partial charge in [0.25, 0.3) is 0 Å². The summed E-state index contributed by atoms with van der Waals surface area (Å²) in [5.74, 6) is 0.599. The first kappa shape index (κ1) is 18.7. The fraction of sp³-hybridized carbons (Fsp3) is 0.348. The normalized spacial score (nSPS) is 20.8. The topological polar surface area (TPSA) is 59.5 Å². The van der Waals surface area contributed by atoms with Gasteiger partial charge in [-0.25, -0.2) is 8.42 Å². The molecule has 1 saturated carbocycles. The van der Waals surface area contributed by atoms with E-state index in [1.165, 1.54) is 12.8 Å². The van der Waals surface area contributed by atoms with Crippen LogP contribution >= 0.6 is 0 Å². The molecule has 1 aliphatic carbocycles. The van der Waals surface area contributed by atoms with E-state index in [-0.39, 0.29) is 10.9 Å². The van der Waals surface area contributed by atoms with E-state index < -0.39 is 10.0 Å². The van der Waals surface area contributed by atoms with Gasteiger partial charge in [0.05, 0.1) is 18.7 Å². The molecule has 29 heavy (non-hydrogen) atoms. The lowest BCUT2D eigenvalue weighted by Gasteiger charge is -2.33. The molecule has 5 rings (SSSR count). The highest BCUT2D eigenvalue weighted by Gasteiger charge is 2.37. The van der Waals surface area contributed by atoms with Gasteiger partial charge in [0.2, 0.25) is 10.0 Å². The second-order valence-corrected chi connectivity index (χ2v) is 9.86. The number of benzene rings is 2. The fourth-order valence-corrected chi connectivity index (χ4v) is 5.92. The van der Waals surface area contributed by atoms with E-state index >= 15 is 0 Å². The van der Waals surface area contributed by atoms with Crippen LogP contribution in [0.25, 0.3) is 10.9 Å². The van der Waals surface area contributed by atoms with Crippen LogP contribution < -0.4 is 0 Å². The van der Waals surface area contributed by atoms with Crippen molar-refractivity contribution >= 4 is 20.9 Å². The van der Waals surface area contributed by atoms with Crippen LogP contribution in [0.3, 0.4) is 0 Å². The second-order valence-electron chi connectivity index (χ2n) is 8.00. The summed E-state index contributed by atoms with van der Waals surface area (Å²) in [7, 11) is -3.75. The smallest absolute Gasteiger partial charge is 0.245 e. The van der Waals surface area contributed by atoms with Crippen molar-refractivity contribution in [3.8, 4) is 0 Å². The predicted molar refractivity (Wildman–Crippen MR) is 112 cm³/mol. The Hall–Kier alpha value is -2.28. The van der Waals surface area contributed by atoms with Crippen LogP contribution in [0.2, 0.25) is 0 Å². The molecule has 0 amide bonds. The molecule has 2 aliphatic rings. The first-order valence-corrected chi connectivity index (χ1v) is 11.6. The first-order chi connectivity index (χ1) is 14.1. The molecule has 2 heterocycles. The summed E-state index contributed by atoms with van der Waals surface area (Å²) in [6.07, 6.45) is 4.85. The molecule has 0 spiro atoms. The minimum absolute atomic E-state index is 0.167. The number of hydrogen-bond acceptors (Lipinski definition) is 4. The van der Waals surface area contributed by atoms with Gasteiger partial charge in [-0.2, -0.15) is 4.31 Å². The van der Waals surface area contributed by atoms with Gasteiger partial charge < -0.3 is 4.74 Å². The average Bonchev–Trinajstić information content (AvgIpc) is 3.54. The van der Waals surface area contributed by atoms with Crippen LogP contribution in [-0.2, 0) is 27.9 Å². The lowest BCUT2D eigenvalue weighted by molar-refractivity contribution is 0.0624. The molecule has 0 radical (unpaired) electrons. The molecule has 150 valence electrons. The van der Waals surface area contributed by atoms with Crippen LogP contribution in [0.1, 0.15) is 30.4 Å². The number of ether oxygens (including phenoxy) is 1. The van der Waals surface area contributed by atoms with Crippen LogP contribution in [0.4, 0.5) is 0 Å². The Morgan fingerprint density at radius 3 is 2.62 bits per heavy atom. The summed E-state index contributed by atoms with van der Waals surface area (Å²) in [5, 5.41) is 0.830. The monoisotopic (exact) mass is 408 g/mol. The number of fused-ring (bicyclic) bond motifs is 2. The highest BCUT2D eigenvalue weighted by Crippen LogP contribution is 2.37. The quantitative estimate of drug-likeness (QED) is 0.651. The highest BCUT2D eigenvalue weighted by molar-refractivity contribution is 7.89. The Morgan fingerprint density at radius 2 is 1.79 bits per heavy atom. The van der Waals surface area contributed by atoms with E-state index in [1.807, 2.05) is 42.5 Å². The van der Waals surface area contributed by atoms with Crippen molar-refractivity contribution in [1.29, 1.82) is 0 Å². The molecule has 1 atom stereocenters. The minimum Gasteiger partial charge on any atom is -0.375 e. The molecule has 1 unspecified atom stereocenters. The molecular formula is C23H24N2O3S. The van der Waals surface area contributed by atoms with Gasteiger partial charge in [-0.3, -0.25) is 4.98 Å². The SMILES string of the molecule is O=S(=O)(c1cccc2cccnc12)N1Cc2ccccc2COCC1CC1CC1. The first-order valence-electron chi connectivity index (χ1n) is 10.1. The molecule has 3 aromatic rings. The highest BCUT2D eigenvalue weighted by atomic mass is 32.2. The van der Waals surface area contributed by atoms with Gasteiger partial charge in [-0.15, -0.1) is 0 Å². The summed E-state index contributed by atoms with van der Waals surface area (Å²) in [6.45, 7) is 1.31. The zero-order valence-electron chi connectivity index (χ0n) is 16.2. The van der Waals surface area contributed by atoms with Gasteiger partial charge in [0.15, 0.2) is 0 Å². The summed E-state index contributed by atoms with van der Waals surface area (Å²) in [6, 6.07) is 16.9. The number of rotatable bonds is 4. The summed E-state index contributed by atoms with van der Waals surface area (Å²) in [4.78, 5) is 4.66. The van der Waals surface area contributed by atoms with Gasteiger partial charge in [0.1, 0.15) is 4.90 Å². The van der Waals surface area contributed by atoms with Gasteiger partial charge in [-0.05, 0) is 35.6 Å². The Balaban J connectivity index is 1.62. The van der Waals surface area contributed by atoms with E-state index in [9.17, 15) is 8.42 Å². The summed E-state index contributed by atoms with van der Waals surface area (Å²) >= 11 is 0. The van der Waals surface area contributed by atoms with E-state index in [1.54, 1.807) is 22.6 Å². The van der Waals surface area contributed by atoms with E-state index in [4.69, 9.17) is 4.74 Å². The number of aromatic nitrogens is 1. The molecule has 0 N–H and O–H groups in total. The third-order valence-corrected chi connectivity index (χ3v) is 7.83. The molecule has 1 aliphatic heterocycles. The number of nitrogens with zero attached hydrogens (tertiary/aromatic N) is 2. The Kier molecular flexibility index (Phi) is 4.86. The third-order valence-electron chi connectivity index (χ3n) is 5.90. The molecule has 5 nitrogen and oxygen atoms in total. The molecule has 6 heteroatoms. The Morgan fingerprint density at radius 1 is 1.00 bits per heavy atom. The Bertz CT molecular complexity index is 1140. The Labute approximate surface area is 171 Å². The van der Waals surface area contributed by atoms with Gasteiger partial charge in [-0.1, -0.05) is 55.3 Å². The number of pyridine rings is 1. The van der Waals surface area contributed by atoms with E-state index in [0.29, 0.717) is 31.2 Å². The lowest BCUT2D eigenvalue weighted by Crippen LogP contribution is -2.44.